The van der Waals surface area contributed by atoms with Gasteiger partial charge in [0.15, 0.2) is 0 Å². The topological polar surface area (TPSA) is 45.9 Å². The van der Waals surface area contributed by atoms with E-state index in [0.717, 1.165) is 16.5 Å². The van der Waals surface area contributed by atoms with E-state index in [1.54, 1.807) is 24.4 Å². The van der Waals surface area contributed by atoms with Crippen molar-refractivity contribution in [2.24, 2.45) is 0 Å². The molecule has 0 radical (unpaired) electrons. The van der Waals surface area contributed by atoms with Gasteiger partial charge in [-0.05, 0) is 30.3 Å². The van der Waals surface area contributed by atoms with Crippen LogP contribution in [0.2, 0.25) is 5.02 Å². The molecule has 4 heteroatoms. The number of rotatable bonds is 3. The predicted octanol–water partition coefficient (Wildman–Crippen LogP) is 4.34. The Balaban J connectivity index is 1.93. The molecule has 0 aliphatic rings. The van der Waals surface area contributed by atoms with Gasteiger partial charge in [-0.3, -0.25) is 4.98 Å². The minimum Gasteiger partial charge on any atom is -0.487 e. The van der Waals surface area contributed by atoms with E-state index in [-0.39, 0.29) is 0 Å². The maximum absolute atomic E-state index is 9.09. The molecule has 1 aromatic heterocycles. The van der Waals surface area contributed by atoms with Gasteiger partial charge in [-0.15, -0.1) is 0 Å². The molecule has 0 fully saturated rings. The van der Waals surface area contributed by atoms with E-state index in [2.05, 4.69) is 11.1 Å². The van der Waals surface area contributed by atoms with Crippen LogP contribution in [0.25, 0.3) is 10.9 Å². The van der Waals surface area contributed by atoms with Crippen molar-refractivity contribution in [1.82, 2.24) is 4.98 Å². The first-order chi connectivity index (χ1) is 10.3. The SMILES string of the molecule is N#Cc1ccccc1COc1ccc(Cl)c2cccnc12. The molecule has 0 saturated heterocycles. The van der Waals surface area contributed by atoms with Crippen molar-refractivity contribution in [3.63, 3.8) is 0 Å². The van der Waals surface area contributed by atoms with Gasteiger partial charge in [0.1, 0.15) is 17.9 Å². The fraction of sp³-hybridized carbons (Fsp3) is 0.0588. The maximum atomic E-state index is 9.09. The highest BCUT2D eigenvalue weighted by Gasteiger charge is 2.08. The summed E-state index contributed by atoms with van der Waals surface area (Å²) in [6, 6.07) is 16.9. The third kappa shape index (κ3) is 2.67. The summed E-state index contributed by atoms with van der Waals surface area (Å²) in [6.45, 7) is 0.317. The van der Waals surface area contributed by atoms with Crippen LogP contribution >= 0.6 is 11.6 Å². The van der Waals surface area contributed by atoms with Crippen LogP contribution < -0.4 is 4.74 Å². The standard InChI is InChI=1S/C17H11ClN2O/c18-15-7-8-16(17-14(15)6-3-9-20-17)21-11-13-5-2-1-4-12(13)10-19/h1-9H,11H2. The van der Waals surface area contributed by atoms with Crippen LogP contribution in [0.15, 0.2) is 54.7 Å². The Labute approximate surface area is 127 Å². The van der Waals surface area contributed by atoms with Gasteiger partial charge in [0, 0.05) is 17.1 Å². The minimum atomic E-state index is 0.317. The summed E-state index contributed by atoms with van der Waals surface area (Å²) in [7, 11) is 0. The number of hydrogen-bond donors (Lipinski definition) is 0. The second-order valence-corrected chi connectivity index (χ2v) is 4.91. The molecular weight excluding hydrogens is 284 g/mol. The van der Waals surface area contributed by atoms with E-state index >= 15 is 0 Å². The summed E-state index contributed by atoms with van der Waals surface area (Å²) in [6.07, 6.45) is 1.70. The Morgan fingerprint density at radius 2 is 1.95 bits per heavy atom. The van der Waals surface area contributed by atoms with Gasteiger partial charge in [-0.2, -0.15) is 5.26 Å². The van der Waals surface area contributed by atoms with E-state index in [1.807, 2.05) is 30.3 Å². The highest BCUT2D eigenvalue weighted by atomic mass is 35.5. The molecule has 0 bridgehead atoms. The van der Waals surface area contributed by atoms with Crippen molar-refractivity contribution in [3.05, 3.63) is 70.9 Å². The Hall–Kier alpha value is -2.57. The molecule has 0 aliphatic heterocycles. The average Bonchev–Trinajstić information content (AvgIpc) is 2.55. The molecule has 21 heavy (non-hydrogen) atoms. The first-order valence-electron chi connectivity index (χ1n) is 6.43. The largest absolute Gasteiger partial charge is 0.487 e. The molecule has 0 N–H and O–H groups in total. The zero-order valence-corrected chi connectivity index (χ0v) is 11.8. The first-order valence-corrected chi connectivity index (χ1v) is 6.81. The summed E-state index contributed by atoms with van der Waals surface area (Å²) >= 11 is 6.16. The third-order valence-electron chi connectivity index (χ3n) is 3.20. The van der Waals surface area contributed by atoms with Crippen LogP contribution in [0.5, 0.6) is 5.75 Å². The van der Waals surface area contributed by atoms with Gasteiger partial charge in [-0.25, -0.2) is 0 Å². The number of halogens is 1. The zero-order chi connectivity index (χ0) is 14.7. The average molecular weight is 295 g/mol. The van der Waals surface area contributed by atoms with Crippen molar-refractivity contribution in [2.75, 3.05) is 0 Å². The highest BCUT2D eigenvalue weighted by Crippen LogP contribution is 2.30. The predicted molar refractivity (Wildman–Crippen MR) is 82.2 cm³/mol. The molecule has 0 unspecified atom stereocenters. The van der Waals surface area contributed by atoms with Crippen LogP contribution in [-0.2, 0) is 6.61 Å². The smallest absolute Gasteiger partial charge is 0.146 e. The maximum Gasteiger partial charge on any atom is 0.146 e. The van der Waals surface area contributed by atoms with E-state index < -0.39 is 0 Å². The normalized spacial score (nSPS) is 10.3. The van der Waals surface area contributed by atoms with Crippen molar-refractivity contribution >= 4 is 22.5 Å². The fourth-order valence-corrected chi connectivity index (χ4v) is 2.35. The quantitative estimate of drug-likeness (QED) is 0.722. The van der Waals surface area contributed by atoms with Crippen molar-refractivity contribution in [2.45, 2.75) is 6.61 Å². The molecule has 0 aliphatic carbocycles. The monoisotopic (exact) mass is 294 g/mol. The molecule has 102 valence electrons. The Morgan fingerprint density at radius 3 is 2.81 bits per heavy atom. The number of ether oxygens (including phenoxy) is 1. The Morgan fingerprint density at radius 1 is 1.10 bits per heavy atom. The van der Waals surface area contributed by atoms with E-state index in [0.29, 0.717) is 22.9 Å². The number of nitriles is 1. The molecule has 3 rings (SSSR count). The van der Waals surface area contributed by atoms with Crippen LogP contribution in [0, 0.1) is 11.3 Å². The van der Waals surface area contributed by atoms with Gasteiger partial charge in [0.2, 0.25) is 0 Å². The van der Waals surface area contributed by atoms with Gasteiger partial charge >= 0.3 is 0 Å². The molecule has 0 spiro atoms. The molecule has 3 nitrogen and oxygen atoms in total. The highest BCUT2D eigenvalue weighted by molar-refractivity contribution is 6.35. The molecule has 0 saturated carbocycles. The van der Waals surface area contributed by atoms with Gasteiger partial charge < -0.3 is 4.74 Å². The van der Waals surface area contributed by atoms with Crippen molar-refractivity contribution < 1.29 is 4.74 Å². The summed E-state index contributed by atoms with van der Waals surface area (Å²) in [5, 5.41) is 10.6. The number of fused-ring (bicyclic) bond motifs is 1. The lowest BCUT2D eigenvalue weighted by molar-refractivity contribution is 0.309. The molecule has 0 atom stereocenters. The summed E-state index contributed by atoms with van der Waals surface area (Å²) < 4.78 is 5.83. The zero-order valence-electron chi connectivity index (χ0n) is 11.1. The summed E-state index contributed by atoms with van der Waals surface area (Å²) in [5.74, 6) is 0.655. The number of nitrogens with zero attached hydrogens (tertiary/aromatic N) is 2. The molecule has 2 aromatic carbocycles. The molecule has 3 aromatic rings. The summed E-state index contributed by atoms with van der Waals surface area (Å²) in [4.78, 5) is 4.32. The van der Waals surface area contributed by atoms with E-state index in [4.69, 9.17) is 21.6 Å². The van der Waals surface area contributed by atoms with Crippen LogP contribution in [-0.4, -0.2) is 4.98 Å². The van der Waals surface area contributed by atoms with E-state index in [9.17, 15) is 0 Å². The minimum absolute atomic E-state index is 0.317. The van der Waals surface area contributed by atoms with Gasteiger partial charge in [0.25, 0.3) is 0 Å². The Bertz CT molecular complexity index is 840. The van der Waals surface area contributed by atoms with Crippen molar-refractivity contribution in [3.8, 4) is 11.8 Å². The van der Waals surface area contributed by atoms with Crippen LogP contribution in [0.4, 0.5) is 0 Å². The van der Waals surface area contributed by atoms with E-state index in [1.165, 1.54) is 0 Å². The number of benzene rings is 2. The summed E-state index contributed by atoms with van der Waals surface area (Å²) in [5.41, 5.74) is 2.18. The second-order valence-electron chi connectivity index (χ2n) is 4.50. The second kappa shape index (κ2) is 5.82. The molecule has 0 amide bonds. The van der Waals surface area contributed by atoms with Crippen LogP contribution in [0.3, 0.4) is 0 Å². The lowest BCUT2D eigenvalue weighted by atomic mass is 10.1. The molecular formula is C17H11ClN2O. The molecule has 1 heterocycles. The fourth-order valence-electron chi connectivity index (χ4n) is 2.14. The number of hydrogen-bond acceptors (Lipinski definition) is 3. The van der Waals surface area contributed by atoms with Crippen molar-refractivity contribution in [1.29, 1.82) is 5.26 Å². The lowest BCUT2D eigenvalue weighted by Crippen LogP contribution is -1.99. The van der Waals surface area contributed by atoms with Gasteiger partial charge in [0.05, 0.1) is 16.7 Å². The lowest BCUT2D eigenvalue weighted by Gasteiger charge is -2.10. The van der Waals surface area contributed by atoms with Crippen LogP contribution in [0.1, 0.15) is 11.1 Å². The first kappa shape index (κ1) is 13.4. The van der Waals surface area contributed by atoms with Gasteiger partial charge in [-0.1, -0.05) is 29.8 Å². The number of aromatic nitrogens is 1. The third-order valence-corrected chi connectivity index (χ3v) is 3.53. The number of pyridine rings is 1. The Kier molecular flexibility index (Phi) is 3.72.